The van der Waals surface area contributed by atoms with E-state index < -0.39 is 23.7 Å². The van der Waals surface area contributed by atoms with E-state index in [1.54, 1.807) is 38.1 Å². The molecule has 1 heterocycles. The van der Waals surface area contributed by atoms with Gasteiger partial charge >= 0.3 is 6.18 Å². The third-order valence-corrected chi connectivity index (χ3v) is 2.94. The number of anilines is 2. The third-order valence-electron chi connectivity index (χ3n) is 2.94. The zero-order valence-electron chi connectivity index (χ0n) is 15.3. The van der Waals surface area contributed by atoms with E-state index in [1.165, 1.54) is 0 Å². The fourth-order valence-electron chi connectivity index (χ4n) is 2.02. The first-order valence-electron chi connectivity index (χ1n) is 8.11. The molecular weight excluding hydrogens is 347 g/mol. The molecule has 0 unspecified atom stereocenters. The Kier molecular flexibility index (Phi) is 5.63. The quantitative estimate of drug-likeness (QED) is 0.785. The molecule has 0 radical (unpaired) electrons. The highest BCUT2D eigenvalue weighted by Gasteiger charge is 2.36. The molecule has 142 valence electrons. The molecule has 8 heteroatoms. The van der Waals surface area contributed by atoms with Gasteiger partial charge in [0.15, 0.2) is 0 Å². The Morgan fingerprint density at radius 2 is 1.65 bits per heavy atom. The van der Waals surface area contributed by atoms with Crippen LogP contribution < -0.4 is 14.8 Å². The lowest BCUT2D eigenvalue weighted by molar-refractivity contribution is -0.139. The number of nitrogens with zero attached hydrogens (tertiary/aromatic N) is 2. The molecule has 0 fully saturated rings. The van der Waals surface area contributed by atoms with Crippen LogP contribution in [0.5, 0.6) is 11.6 Å². The van der Waals surface area contributed by atoms with Gasteiger partial charge in [-0.15, -0.1) is 0 Å². The van der Waals surface area contributed by atoms with E-state index in [0.29, 0.717) is 17.6 Å². The van der Waals surface area contributed by atoms with Crippen molar-refractivity contribution in [2.45, 2.75) is 52.5 Å². The lowest BCUT2D eigenvalue weighted by Crippen LogP contribution is -2.22. The third kappa shape index (κ3) is 5.79. The summed E-state index contributed by atoms with van der Waals surface area (Å²) in [6.07, 6.45) is -4.33. The van der Waals surface area contributed by atoms with Gasteiger partial charge in [0, 0.05) is 11.9 Å². The van der Waals surface area contributed by atoms with Crippen molar-refractivity contribution in [1.29, 1.82) is 0 Å². The number of rotatable bonds is 5. The van der Waals surface area contributed by atoms with Crippen molar-refractivity contribution >= 4 is 11.6 Å². The van der Waals surface area contributed by atoms with E-state index in [4.69, 9.17) is 9.47 Å². The van der Waals surface area contributed by atoms with E-state index in [2.05, 4.69) is 15.3 Å². The van der Waals surface area contributed by atoms with E-state index in [9.17, 15) is 13.2 Å². The molecule has 0 saturated carbocycles. The summed E-state index contributed by atoms with van der Waals surface area (Å²) in [5.41, 5.74) is -0.721. The summed E-state index contributed by atoms with van der Waals surface area (Å²) in [5.74, 6) is 0.191. The summed E-state index contributed by atoms with van der Waals surface area (Å²) in [4.78, 5) is 7.60. The van der Waals surface area contributed by atoms with Crippen LogP contribution in [0.25, 0.3) is 0 Å². The predicted octanol–water partition coefficient (Wildman–Crippen LogP) is 5.20. The van der Waals surface area contributed by atoms with Crippen LogP contribution in [-0.2, 0) is 6.18 Å². The number of benzene rings is 1. The van der Waals surface area contributed by atoms with Gasteiger partial charge in [-0.2, -0.15) is 18.2 Å². The number of nitrogens with one attached hydrogen (secondary N) is 1. The largest absolute Gasteiger partial charge is 0.488 e. The molecule has 1 aromatic carbocycles. The topological polar surface area (TPSA) is 56.3 Å². The average Bonchev–Trinajstić information content (AvgIpc) is 2.46. The molecule has 0 aliphatic carbocycles. The Labute approximate surface area is 150 Å². The zero-order valence-corrected chi connectivity index (χ0v) is 15.3. The van der Waals surface area contributed by atoms with Gasteiger partial charge in [0.2, 0.25) is 11.8 Å². The lowest BCUT2D eigenvalue weighted by Gasteiger charge is -2.21. The Morgan fingerprint density at radius 1 is 1.04 bits per heavy atom. The number of hydrogen-bond donors (Lipinski definition) is 1. The van der Waals surface area contributed by atoms with Crippen LogP contribution in [0.2, 0.25) is 0 Å². The zero-order chi connectivity index (χ0) is 19.5. The minimum absolute atomic E-state index is 0.0122. The van der Waals surface area contributed by atoms with E-state index in [0.717, 1.165) is 0 Å². The van der Waals surface area contributed by atoms with Gasteiger partial charge in [0.1, 0.15) is 16.9 Å². The van der Waals surface area contributed by atoms with E-state index in [1.807, 2.05) is 20.8 Å². The first-order valence-corrected chi connectivity index (χ1v) is 8.11. The van der Waals surface area contributed by atoms with Crippen LogP contribution in [0.1, 0.15) is 40.2 Å². The first-order chi connectivity index (χ1) is 11.9. The van der Waals surface area contributed by atoms with Gasteiger partial charge in [-0.3, -0.25) is 0 Å². The summed E-state index contributed by atoms with van der Waals surface area (Å²) in [7, 11) is 0. The number of hydrogen-bond acceptors (Lipinski definition) is 5. The highest BCUT2D eigenvalue weighted by Crippen LogP contribution is 2.35. The number of aromatic nitrogens is 2. The average molecular weight is 369 g/mol. The maximum absolute atomic E-state index is 13.0. The highest BCUT2D eigenvalue weighted by molar-refractivity contribution is 5.55. The standard InChI is InChI=1S/C18H22F3N3O2/c1-11(2)25-15-14(18(19,20)21)10-22-16(24-15)23-12-6-8-13(9-7-12)26-17(3,4)5/h6-11H,1-5H3,(H,22,23,24). The highest BCUT2D eigenvalue weighted by atomic mass is 19.4. The van der Waals surface area contributed by atoms with E-state index >= 15 is 0 Å². The molecule has 1 N–H and O–H groups in total. The van der Waals surface area contributed by atoms with Gasteiger partial charge in [-0.05, 0) is 58.9 Å². The molecule has 0 spiro atoms. The summed E-state index contributed by atoms with van der Waals surface area (Å²) < 4.78 is 50.0. The van der Waals surface area contributed by atoms with Crippen molar-refractivity contribution in [3.8, 4) is 11.6 Å². The van der Waals surface area contributed by atoms with Crippen molar-refractivity contribution in [2.75, 3.05) is 5.32 Å². The van der Waals surface area contributed by atoms with Crippen LogP contribution in [-0.4, -0.2) is 21.7 Å². The minimum atomic E-state index is -4.59. The maximum atomic E-state index is 13.0. The maximum Gasteiger partial charge on any atom is 0.423 e. The number of alkyl halides is 3. The normalized spacial score (nSPS) is 12.2. The fourth-order valence-corrected chi connectivity index (χ4v) is 2.02. The summed E-state index contributed by atoms with van der Waals surface area (Å²) >= 11 is 0. The van der Waals surface area contributed by atoms with Gasteiger partial charge in [-0.1, -0.05) is 0 Å². The lowest BCUT2D eigenvalue weighted by atomic mass is 10.2. The molecule has 0 atom stereocenters. The Hall–Kier alpha value is -2.51. The van der Waals surface area contributed by atoms with Crippen molar-refractivity contribution in [3.05, 3.63) is 36.0 Å². The summed E-state index contributed by atoms with van der Waals surface area (Å²) in [5, 5.41) is 2.86. The van der Waals surface area contributed by atoms with E-state index in [-0.39, 0.29) is 11.5 Å². The SMILES string of the molecule is CC(C)Oc1nc(Nc2ccc(OC(C)(C)C)cc2)ncc1C(F)(F)F. The second-order valence-corrected chi connectivity index (χ2v) is 6.94. The van der Waals surface area contributed by atoms with Crippen LogP contribution >= 0.6 is 0 Å². The van der Waals surface area contributed by atoms with Gasteiger partial charge < -0.3 is 14.8 Å². The second kappa shape index (κ2) is 7.39. The van der Waals surface area contributed by atoms with Crippen LogP contribution in [0.3, 0.4) is 0 Å². The fraction of sp³-hybridized carbons (Fsp3) is 0.444. The monoisotopic (exact) mass is 369 g/mol. The molecule has 1 aromatic heterocycles. The molecule has 2 rings (SSSR count). The van der Waals surface area contributed by atoms with Crippen molar-refractivity contribution in [3.63, 3.8) is 0 Å². The molecule has 0 amide bonds. The molecule has 0 aliphatic rings. The van der Waals surface area contributed by atoms with Crippen LogP contribution in [0.4, 0.5) is 24.8 Å². The van der Waals surface area contributed by atoms with Crippen molar-refractivity contribution < 1.29 is 22.6 Å². The molecule has 0 aliphatic heterocycles. The second-order valence-electron chi connectivity index (χ2n) is 6.94. The number of halogens is 3. The molecule has 26 heavy (non-hydrogen) atoms. The smallest absolute Gasteiger partial charge is 0.423 e. The molecule has 2 aromatic rings. The van der Waals surface area contributed by atoms with Gasteiger partial charge in [-0.25, -0.2) is 4.98 Å². The van der Waals surface area contributed by atoms with Crippen LogP contribution in [0.15, 0.2) is 30.5 Å². The summed E-state index contributed by atoms with van der Waals surface area (Å²) in [6.45, 7) is 9.06. The van der Waals surface area contributed by atoms with Gasteiger partial charge in [0.25, 0.3) is 0 Å². The summed E-state index contributed by atoms with van der Waals surface area (Å²) in [6, 6.07) is 6.96. The molecule has 0 bridgehead atoms. The number of ether oxygens (including phenoxy) is 2. The van der Waals surface area contributed by atoms with Gasteiger partial charge in [0.05, 0.1) is 6.10 Å². The Balaban J connectivity index is 2.21. The van der Waals surface area contributed by atoms with Crippen molar-refractivity contribution in [2.24, 2.45) is 0 Å². The first kappa shape index (κ1) is 19.8. The molecule has 0 saturated heterocycles. The Morgan fingerprint density at radius 3 is 2.15 bits per heavy atom. The molecular formula is C18H22F3N3O2. The van der Waals surface area contributed by atoms with Crippen molar-refractivity contribution in [1.82, 2.24) is 9.97 Å². The Bertz CT molecular complexity index is 739. The molecule has 5 nitrogen and oxygen atoms in total. The minimum Gasteiger partial charge on any atom is -0.488 e. The predicted molar refractivity (Wildman–Crippen MR) is 92.9 cm³/mol. The van der Waals surface area contributed by atoms with Crippen LogP contribution in [0, 0.1) is 0 Å².